The summed E-state index contributed by atoms with van der Waals surface area (Å²) in [7, 11) is 1.87. The van der Waals surface area contributed by atoms with E-state index in [1.165, 1.54) is 9.80 Å². The third kappa shape index (κ3) is 5.56. The van der Waals surface area contributed by atoms with Crippen molar-refractivity contribution in [2.75, 3.05) is 49.9 Å². The number of amides is 2. The summed E-state index contributed by atoms with van der Waals surface area (Å²) in [5, 5.41) is 10.7. The van der Waals surface area contributed by atoms with E-state index in [0.717, 1.165) is 43.3 Å². The number of carbonyl (C=O) groups excluding carboxylic acids is 2. The summed E-state index contributed by atoms with van der Waals surface area (Å²) in [4.78, 5) is 27.2. The van der Waals surface area contributed by atoms with Crippen molar-refractivity contribution in [3.8, 4) is 0 Å². The third-order valence-electron chi connectivity index (χ3n) is 5.41. The Morgan fingerprint density at radius 3 is 2.10 bits per heavy atom. The highest BCUT2D eigenvalue weighted by Crippen LogP contribution is 2.20. The second-order valence-electron chi connectivity index (χ2n) is 7.60. The zero-order chi connectivity index (χ0) is 21.0. The van der Waals surface area contributed by atoms with Crippen LogP contribution < -0.4 is 20.4 Å². The molecule has 0 unspecified atom stereocenters. The quantitative estimate of drug-likeness (QED) is 0.486. The second-order valence-corrected chi connectivity index (χ2v) is 8.01. The minimum absolute atomic E-state index is 0.000822. The Balaban J connectivity index is 1.42. The molecule has 2 heterocycles. The number of hydrogen-bond donors (Lipinski definition) is 4. The molecule has 2 amide bonds. The first kappa shape index (κ1) is 21.3. The number of para-hydroxylation sites is 1. The lowest BCUT2D eigenvalue weighted by molar-refractivity contribution is -1.00. The molecule has 0 saturated carbocycles. The molecule has 1 aliphatic heterocycles. The van der Waals surface area contributed by atoms with Gasteiger partial charge < -0.3 is 20.4 Å². The highest BCUT2D eigenvalue weighted by atomic mass is 35.5. The minimum atomic E-state index is -0.0446. The zero-order valence-electron chi connectivity index (χ0n) is 17.1. The standard InChI is InChI=1S/C20H27ClN6O2/c1-14-20(15(2)25(3)24-14)23-19(29)13-27-10-8-26(9-11-27)12-18(28)22-17-7-5-4-6-16(17)21/h4-7H,8-13H2,1-3H3,(H,22,28)(H,23,29)/p+2. The summed E-state index contributed by atoms with van der Waals surface area (Å²) in [5.41, 5.74) is 3.22. The van der Waals surface area contributed by atoms with Gasteiger partial charge in [-0.2, -0.15) is 5.10 Å². The molecular formula is C20H29ClN6O2+2. The molecule has 0 aliphatic carbocycles. The summed E-state index contributed by atoms with van der Waals surface area (Å²) in [6.07, 6.45) is 0. The van der Waals surface area contributed by atoms with E-state index in [9.17, 15) is 9.59 Å². The summed E-state index contributed by atoms with van der Waals surface area (Å²) >= 11 is 6.09. The molecule has 9 heteroatoms. The number of hydrogen-bond acceptors (Lipinski definition) is 3. The van der Waals surface area contributed by atoms with E-state index in [2.05, 4.69) is 15.7 Å². The maximum Gasteiger partial charge on any atom is 0.279 e. The maximum absolute atomic E-state index is 12.4. The molecule has 8 nitrogen and oxygen atoms in total. The number of benzene rings is 1. The van der Waals surface area contributed by atoms with E-state index in [1.807, 2.05) is 33.0 Å². The fourth-order valence-electron chi connectivity index (χ4n) is 3.66. The Morgan fingerprint density at radius 1 is 1.03 bits per heavy atom. The van der Waals surface area contributed by atoms with E-state index in [0.29, 0.717) is 23.8 Å². The topological polar surface area (TPSA) is 84.9 Å². The highest BCUT2D eigenvalue weighted by molar-refractivity contribution is 6.33. The number of quaternary nitrogens is 2. The predicted molar refractivity (Wildman–Crippen MR) is 113 cm³/mol. The molecule has 0 radical (unpaired) electrons. The van der Waals surface area contributed by atoms with Gasteiger partial charge in [-0.05, 0) is 26.0 Å². The molecule has 1 aliphatic rings. The molecule has 4 N–H and O–H groups in total. The van der Waals surface area contributed by atoms with Gasteiger partial charge in [-0.25, -0.2) is 0 Å². The van der Waals surface area contributed by atoms with Gasteiger partial charge in [0, 0.05) is 7.05 Å². The van der Waals surface area contributed by atoms with E-state index in [4.69, 9.17) is 11.6 Å². The highest BCUT2D eigenvalue weighted by Gasteiger charge is 2.27. The summed E-state index contributed by atoms with van der Waals surface area (Å²) in [6.45, 7) is 8.07. The van der Waals surface area contributed by atoms with Crippen molar-refractivity contribution in [1.82, 2.24) is 9.78 Å². The van der Waals surface area contributed by atoms with Crippen LogP contribution in [0.25, 0.3) is 0 Å². The van der Waals surface area contributed by atoms with Crippen LogP contribution in [0.15, 0.2) is 24.3 Å². The van der Waals surface area contributed by atoms with E-state index in [1.54, 1.807) is 16.8 Å². The number of aromatic nitrogens is 2. The molecule has 29 heavy (non-hydrogen) atoms. The van der Waals surface area contributed by atoms with Gasteiger partial charge in [-0.1, -0.05) is 23.7 Å². The van der Waals surface area contributed by atoms with Crippen LogP contribution in [-0.2, 0) is 16.6 Å². The SMILES string of the molecule is Cc1nn(C)c(C)c1NC(=O)C[NH+]1CC[NH+](CC(=O)Nc2ccccc2Cl)CC1. The average Bonchev–Trinajstić information content (AvgIpc) is 2.91. The van der Waals surface area contributed by atoms with Gasteiger partial charge in [-0.3, -0.25) is 14.3 Å². The summed E-state index contributed by atoms with van der Waals surface area (Å²) < 4.78 is 1.77. The van der Waals surface area contributed by atoms with Crippen LogP contribution in [0.5, 0.6) is 0 Å². The lowest BCUT2D eigenvalue weighted by Gasteiger charge is -2.29. The van der Waals surface area contributed by atoms with Gasteiger partial charge in [0.25, 0.3) is 11.8 Å². The molecule has 1 fully saturated rings. The maximum atomic E-state index is 12.4. The first-order chi connectivity index (χ1) is 13.8. The first-order valence-electron chi connectivity index (χ1n) is 9.85. The van der Waals surface area contributed by atoms with Gasteiger partial charge in [-0.15, -0.1) is 0 Å². The van der Waals surface area contributed by atoms with Crippen molar-refractivity contribution in [2.45, 2.75) is 13.8 Å². The molecule has 0 atom stereocenters. The predicted octanol–water partition coefficient (Wildman–Crippen LogP) is -0.949. The Hall–Kier alpha value is -2.42. The normalized spacial score (nSPS) is 19.0. The van der Waals surface area contributed by atoms with Crippen molar-refractivity contribution >= 4 is 34.8 Å². The van der Waals surface area contributed by atoms with Crippen LogP contribution in [0.1, 0.15) is 11.4 Å². The van der Waals surface area contributed by atoms with Crippen molar-refractivity contribution in [3.63, 3.8) is 0 Å². The van der Waals surface area contributed by atoms with Gasteiger partial charge in [0.1, 0.15) is 26.2 Å². The Labute approximate surface area is 175 Å². The van der Waals surface area contributed by atoms with E-state index >= 15 is 0 Å². The fraction of sp³-hybridized carbons (Fsp3) is 0.450. The molecule has 156 valence electrons. The molecule has 1 aromatic carbocycles. The number of halogens is 1. The van der Waals surface area contributed by atoms with Crippen molar-refractivity contribution in [2.24, 2.45) is 7.05 Å². The number of nitrogens with one attached hydrogen (secondary N) is 4. The van der Waals surface area contributed by atoms with Crippen LogP contribution in [-0.4, -0.2) is 60.9 Å². The van der Waals surface area contributed by atoms with Gasteiger partial charge in [0.05, 0.1) is 27.8 Å². The molecule has 0 spiro atoms. The average molecular weight is 421 g/mol. The van der Waals surface area contributed by atoms with Crippen LogP contribution >= 0.6 is 11.6 Å². The first-order valence-corrected chi connectivity index (χ1v) is 10.2. The largest absolute Gasteiger partial charge is 0.320 e. The minimum Gasteiger partial charge on any atom is -0.320 e. The van der Waals surface area contributed by atoms with E-state index < -0.39 is 0 Å². The van der Waals surface area contributed by atoms with Crippen LogP contribution in [0.4, 0.5) is 11.4 Å². The number of carbonyl (C=O) groups is 2. The monoisotopic (exact) mass is 420 g/mol. The lowest BCUT2D eigenvalue weighted by Crippen LogP contribution is -3.28. The zero-order valence-corrected chi connectivity index (χ0v) is 17.9. The number of nitrogens with zero attached hydrogens (tertiary/aromatic N) is 2. The Kier molecular flexibility index (Phi) is 6.89. The van der Waals surface area contributed by atoms with Crippen molar-refractivity contribution < 1.29 is 19.4 Å². The van der Waals surface area contributed by atoms with Crippen LogP contribution in [0.2, 0.25) is 5.02 Å². The molecular weight excluding hydrogens is 392 g/mol. The second kappa shape index (κ2) is 9.39. The van der Waals surface area contributed by atoms with Gasteiger partial charge in [0.15, 0.2) is 13.1 Å². The molecule has 1 aromatic heterocycles. The molecule has 1 saturated heterocycles. The number of anilines is 2. The fourth-order valence-corrected chi connectivity index (χ4v) is 3.84. The van der Waals surface area contributed by atoms with Crippen molar-refractivity contribution in [1.29, 1.82) is 0 Å². The molecule has 3 rings (SSSR count). The Morgan fingerprint density at radius 2 is 1.59 bits per heavy atom. The van der Waals surface area contributed by atoms with Gasteiger partial charge in [0.2, 0.25) is 0 Å². The third-order valence-corrected chi connectivity index (χ3v) is 5.74. The molecule has 0 bridgehead atoms. The van der Waals surface area contributed by atoms with Crippen LogP contribution in [0.3, 0.4) is 0 Å². The van der Waals surface area contributed by atoms with Gasteiger partial charge >= 0.3 is 0 Å². The van der Waals surface area contributed by atoms with Crippen LogP contribution in [0, 0.1) is 13.8 Å². The molecule has 2 aromatic rings. The Bertz CT molecular complexity index is 889. The lowest BCUT2D eigenvalue weighted by atomic mass is 10.2. The van der Waals surface area contributed by atoms with Crippen molar-refractivity contribution in [3.05, 3.63) is 40.7 Å². The number of rotatable bonds is 6. The van der Waals surface area contributed by atoms with E-state index in [-0.39, 0.29) is 11.8 Å². The number of aryl methyl sites for hydroxylation is 2. The summed E-state index contributed by atoms with van der Waals surface area (Å²) in [6, 6.07) is 7.22. The smallest absolute Gasteiger partial charge is 0.279 e. The summed E-state index contributed by atoms with van der Waals surface area (Å²) in [5.74, 6) is -0.0454. The number of piperazine rings is 1.